The van der Waals surface area contributed by atoms with Crippen LogP contribution >= 0.6 is 22.7 Å². The molecule has 2 aromatic heterocycles. The van der Waals surface area contributed by atoms with E-state index in [2.05, 4.69) is 16.9 Å². The first-order valence-corrected chi connectivity index (χ1v) is 6.79. The number of aryl methyl sites for hydroxylation is 3. The predicted molar refractivity (Wildman–Crippen MR) is 67.1 cm³/mol. The number of rotatable bonds is 3. The minimum atomic E-state index is -0.533. The third-order valence-electron chi connectivity index (χ3n) is 2.42. The van der Waals surface area contributed by atoms with E-state index < -0.39 is 6.10 Å². The normalized spacial score (nSPS) is 13.0. The highest BCUT2D eigenvalue weighted by molar-refractivity contribution is 7.11. The van der Waals surface area contributed by atoms with Crippen LogP contribution in [0.5, 0.6) is 0 Å². The fourth-order valence-corrected chi connectivity index (χ4v) is 3.06. The van der Waals surface area contributed by atoms with E-state index in [0.717, 1.165) is 21.4 Å². The monoisotopic (exact) mass is 254 g/mol. The van der Waals surface area contributed by atoms with Crippen molar-refractivity contribution in [2.24, 2.45) is 0 Å². The molecule has 2 rings (SSSR count). The highest BCUT2D eigenvalue weighted by Crippen LogP contribution is 2.24. The topological polar surface area (TPSA) is 46.0 Å². The van der Waals surface area contributed by atoms with E-state index in [0.29, 0.717) is 6.42 Å². The van der Waals surface area contributed by atoms with Gasteiger partial charge in [0.05, 0.1) is 21.4 Å². The molecule has 0 saturated carbocycles. The van der Waals surface area contributed by atoms with Gasteiger partial charge < -0.3 is 5.11 Å². The van der Waals surface area contributed by atoms with Crippen LogP contribution < -0.4 is 0 Å². The zero-order chi connectivity index (χ0) is 11.7. The van der Waals surface area contributed by atoms with Crippen LogP contribution in [0.4, 0.5) is 0 Å². The molecule has 3 nitrogen and oxygen atoms in total. The maximum atomic E-state index is 10.00. The highest BCUT2D eigenvalue weighted by atomic mass is 32.1. The summed E-state index contributed by atoms with van der Waals surface area (Å²) >= 11 is 3.21. The van der Waals surface area contributed by atoms with Crippen molar-refractivity contribution in [1.82, 2.24) is 9.97 Å². The zero-order valence-electron chi connectivity index (χ0n) is 9.52. The van der Waals surface area contributed by atoms with Gasteiger partial charge in [-0.1, -0.05) is 0 Å². The van der Waals surface area contributed by atoms with E-state index in [1.807, 2.05) is 19.2 Å². The molecule has 0 aliphatic carbocycles. The first kappa shape index (κ1) is 11.7. The second kappa shape index (κ2) is 4.61. The highest BCUT2D eigenvalue weighted by Gasteiger charge is 2.14. The summed E-state index contributed by atoms with van der Waals surface area (Å²) in [5.41, 5.74) is 1.81. The molecule has 0 aliphatic rings. The van der Waals surface area contributed by atoms with Gasteiger partial charge in [0.25, 0.3) is 0 Å². The number of hydrogen-bond donors (Lipinski definition) is 1. The summed E-state index contributed by atoms with van der Waals surface area (Å²) in [6, 6.07) is 0. The number of aliphatic hydroxyl groups is 1. The Morgan fingerprint density at radius 2 is 2.06 bits per heavy atom. The van der Waals surface area contributed by atoms with Gasteiger partial charge in [-0.2, -0.15) is 0 Å². The Morgan fingerprint density at radius 3 is 2.56 bits per heavy atom. The van der Waals surface area contributed by atoms with Crippen LogP contribution in [-0.2, 0) is 6.42 Å². The number of nitrogens with zero attached hydrogens (tertiary/aromatic N) is 2. The minimum absolute atomic E-state index is 0.533. The van der Waals surface area contributed by atoms with Gasteiger partial charge in [0, 0.05) is 16.7 Å². The molecule has 5 heteroatoms. The average molecular weight is 254 g/mol. The SMILES string of the molecule is Cc1nc(C(O)Cc2nc(C)c(C)s2)cs1. The van der Waals surface area contributed by atoms with Crippen LogP contribution in [0.3, 0.4) is 0 Å². The summed E-state index contributed by atoms with van der Waals surface area (Å²) in [4.78, 5) is 9.92. The Hall–Kier alpha value is -0.780. The van der Waals surface area contributed by atoms with Crippen LogP contribution in [0, 0.1) is 20.8 Å². The van der Waals surface area contributed by atoms with Gasteiger partial charge >= 0.3 is 0 Å². The van der Waals surface area contributed by atoms with Crippen LogP contribution in [0.2, 0.25) is 0 Å². The number of aliphatic hydroxyl groups excluding tert-OH is 1. The molecule has 86 valence electrons. The Labute approximate surface area is 103 Å². The molecule has 0 radical (unpaired) electrons. The Kier molecular flexibility index (Phi) is 3.37. The standard InChI is InChI=1S/C11H14N2OS2/c1-6-7(2)16-11(12-6)4-10(14)9-5-15-8(3)13-9/h5,10,14H,4H2,1-3H3. The van der Waals surface area contributed by atoms with Crippen molar-refractivity contribution in [2.45, 2.75) is 33.3 Å². The van der Waals surface area contributed by atoms with Crippen molar-refractivity contribution < 1.29 is 5.11 Å². The van der Waals surface area contributed by atoms with Crippen LogP contribution in [0.15, 0.2) is 5.38 Å². The van der Waals surface area contributed by atoms with Crippen LogP contribution in [0.25, 0.3) is 0 Å². The summed E-state index contributed by atoms with van der Waals surface area (Å²) in [5.74, 6) is 0. The average Bonchev–Trinajstić information content (AvgIpc) is 2.75. The largest absolute Gasteiger partial charge is 0.386 e. The van der Waals surface area contributed by atoms with Crippen LogP contribution in [-0.4, -0.2) is 15.1 Å². The van der Waals surface area contributed by atoms with Crippen molar-refractivity contribution in [1.29, 1.82) is 0 Å². The molecule has 1 N–H and O–H groups in total. The van der Waals surface area contributed by atoms with Crippen molar-refractivity contribution in [3.63, 3.8) is 0 Å². The molecule has 0 spiro atoms. The van der Waals surface area contributed by atoms with Gasteiger partial charge in [0.1, 0.15) is 6.10 Å². The van der Waals surface area contributed by atoms with Crippen molar-refractivity contribution in [3.8, 4) is 0 Å². The van der Waals surface area contributed by atoms with Crippen molar-refractivity contribution >= 4 is 22.7 Å². The van der Waals surface area contributed by atoms with E-state index >= 15 is 0 Å². The van der Waals surface area contributed by atoms with E-state index in [9.17, 15) is 5.11 Å². The Balaban J connectivity index is 2.10. The molecule has 0 amide bonds. The maximum absolute atomic E-state index is 10.00. The third kappa shape index (κ3) is 2.48. The quantitative estimate of drug-likeness (QED) is 0.916. The molecule has 0 aromatic carbocycles. The zero-order valence-corrected chi connectivity index (χ0v) is 11.2. The molecule has 0 fully saturated rings. The number of hydrogen-bond acceptors (Lipinski definition) is 5. The van der Waals surface area contributed by atoms with Gasteiger partial charge in [0.15, 0.2) is 0 Å². The molecule has 2 aromatic rings. The van der Waals surface area contributed by atoms with Gasteiger partial charge in [-0.25, -0.2) is 9.97 Å². The van der Waals surface area contributed by atoms with Gasteiger partial charge in [-0.3, -0.25) is 0 Å². The smallest absolute Gasteiger partial charge is 0.103 e. The first-order valence-electron chi connectivity index (χ1n) is 5.09. The van der Waals surface area contributed by atoms with Gasteiger partial charge in [-0.05, 0) is 20.8 Å². The Morgan fingerprint density at radius 1 is 1.31 bits per heavy atom. The first-order chi connectivity index (χ1) is 7.56. The lowest BCUT2D eigenvalue weighted by Gasteiger charge is -2.04. The molecule has 0 bridgehead atoms. The summed E-state index contributed by atoms with van der Waals surface area (Å²) in [5, 5.41) is 13.9. The summed E-state index contributed by atoms with van der Waals surface area (Å²) in [7, 11) is 0. The number of thiazole rings is 2. The molecule has 16 heavy (non-hydrogen) atoms. The molecular formula is C11H14N2OS2. The van der Waals surface area contributed by atoms with E-state index in [4.69, 9.17) is 0 Å². The minimum Gasteiger partial charge on any atom is -0.386 e. The van der Waals surface area contributed by atoms with E-state index in [1.165, 1.54) is 4.88 Å². The fourth-order valence-electron chi connectivity index (χ4n) is 1.43. The molecule has 2 heterocycles. The van der Waals surface area contributed by atoms with Gasteiger partial charge in [-0.15, -0.1) is 22.7 Å². The van der Waals surface area contributed by atoms with E-state index in [1.54, 1.807) is 22.7 Å². The number of aromatic nitrogens is 2. The van der Waals surface area contributed by atoms with Gasteiger partial charge in [0.2, 0.25) is 0 Å². The predicted octanol–water partition coefficient (Wildman–Crippen LogP) is 2.80. The molecular weight excluding hydrogens is 240 g/mol. The summed E-state index contributed by atoms with van der Waals surface area (Å²) < 4.78 is 0. The third-order valence-corrected chi connectivity index (χ3v) is 4.31. The Bertz CT molecular complexity index is 470. The van der Waals surface area contributed by atoms with Crippen molar-refractivity contribution in [3.05, 3.63) is 31.7 Å². The van der Waals surface area contributed by atoms with Crippen molar-refractivity contribution in [2.75, 3.05) is 0 Å². The maximum Gasteiger partial charge on any atom is 0.103 e. The second-order valence-corrected chi connectivity index (χ2v) is 6.11. The summed E-state index contributed by atoms with van der Waals surface area (Å²) in [6.45, 7) is 5.99. The van der Waals surface area contributed by atoms with Crippen LogP contribution in [0.1, 0.15) is 32.4 Å². The fraction of sp³-hybridized carbons (Fsp3) is 0.455. The molecule has 0 saturated heterocycles. The molecule has 1 unspecified atom stereocenters. The lowest BCUT2D eigenvalue weighted by Crippen LogP contribution is -2.02. The summed E-state index contributed by atoms with van der Waals surface area (Å²) in [6.07, 6.45) is 0.0256. The van der Waals surface area contributed by atoms with E-state index in [-0.39, 0.29) is 0 Å². The lowest BCUT2D eigenvalue weighted by molar-refractivity contribution is 0.174. The lowest BCUT2D eigenvalue weighted by atomic mass is 10.2. The second-order valence-electron chi connectivity index (χ2n) is 3.76. The molecule has 0 aliphatic heterocycles. The molecule has 1 atom stereocenters.